The van der Waals surface area contributed by atoms with Crippen molar-refractivity contribution in [1.29, 1.82) is 0 Å². The maximum absolute atomic E-state index is 11.7. The van der Waals surface area contributed by atoms with Crippen molar-refractivity contribution in [3.8, 4) is 12.3 Å². The highest BCUT2D eigenvalue weighted by atomic mass is 16.4. The van der Waals surface area contributed by atoms with E-state index < -0.39 is 18.0 Å². The summed E-state index contributed by atoms with van der Waals surface area (Å²) in [5.41, 5.74) is 1.75. The zero-order chi connectivity index (χ0) is 15.1. The topological polar surface area (TPSA) is 78.4 Å². The third-order valence-corrected chi connectivity index (χ3v) is 2.76. The van der Waals surface area contributed by atoms with Crippen molar-refractivity contribution in [2.75, 3.05) is 5.32 Å². The highest BCUT2D eigenvalue weighted by Crippen LogP contribution is 2.16. The molecule has 2 amide bonds. The molecule has 0 saturated carbocycles. The van der Waals surface area contributed by atoms with E-state index in [1.54, 1.807) is 12.1 Å². The predicted molar refractivity (Wildman–Crippen MR) is 77.6 cm³/mol. The number of hydrogen-bond acceptors (Lipinski definition) is 2. The van der Waals surface area contributed by atoms with Crippen LogP contribution in [0.25, 0.3) is 0 Å². The number of amides is 2. The van der Waals surface area contributed by atoms with Crippen molar-refractivity contribution >= 4 is 17.7 Å². The van der Waals surface area contributed by atoms with E-state index in [0.29, 0.717) is 11.6 Å². The van der Waals surface area contributed by atoms with Crippen molar-refractivity contribution in [3.05, 3.63) is 29.8 Å². The summed E-state index contributed by atoms with van der Waals surface area (Å²) in [4.78, 5) is 22.5. The molecule has 0 aliphatic heterocycles. The predicted octanol–water partition coefficient (Wildman–Crippen LogP) is 2.41. The number of carbonyl (C=O) groups is 2. The van der Waals surface area contributed by atoms with Crippen molar-refractivity contribution in [2.45, 2.75) is 32.2 Å². The van der Waals surface area contributed by atoms with Crippen molar-refractivity contribution in [3.63, 3.8) is 0 Å². The number of carbonyl (C=O) groups excluding carboxylic acids is 1. The Hall–Kier alpha value is -2.48. The maximum atomic E-state index is 11.7. The third-order valence-electron chi connectivity index (χ3n) is 2.76. The SMILES string of the molecule is C#CCC(NC(=O)Nc1ccc(C(C)C)cc1)C(=O)O. The second-order valence-electron chi connectivity index (χ2n) is 4.67. The lowest BCUT2D eigenvalue weighted by Crippen LogP contribution is -2.42. The molecule has 0 aromatic heterocycles. The zero-order valence-electron chi connectivity index (χ0n) is 11.5. The Morgan fingerprint density at radius 1 is 1.30 bits per heavy atom. The highest BCUT2D eigenvalue weighted by Gasteiger charge is 2.18. The summed E-state index contributed by atoms with van der Waals surface area (Å²) in [6.07, 6.45) is 4.99. The number of terminal acetylenes is 1. The molecule has 0 fully saturated rings. The molecule has 20 heavy (non-hydrogen) atoms. The molecular weight excluding hydrogens is 256 g/mol. The van der Waals surface area contributed by atoms with Crippen molar-refractivity contribution in [2.24, 2.45) is 0 Å². The van der Waals surface area contributed by atoms with Crippen LogP contribution in [0.15, 0.2) is 24.3 Å². The maximum Gasteiger partial charge on any atom is 0.327 e. The number of carboxylic acid groups (broad SMARTS) is 1. The highest BCUT2D eigenvalue weighted by molar-refractivity contribution is 5.92. The third kappa shape index (κ3) is 4.65. The lowest BCUT2D eigenvalue weighted by molar-refractivity contribution is -0.139. The molecule has 1 aromatic rings. The first-order valence-corrected chi connectivity index (χ1v) is 6.27. The number of urea groups is 1. The van der Waals surface area contributed by atoms with E-state index in [9.17, 15) is 9.59 Å². The van der Waals surface area contributed by atoms with Crippen LogP contribution >= 0.6 is 0 Å². The van der Waals surface area contributed by atoms with Crippen LogP contribution in [0, 0.1) is 12.3 Å². The fourth-order valence-electron chi connectivity index (χ4n) is 1.59. The molecule has 0 aliphatic rings. The molecule has 1 rings (SSSR count). The van der Waals surface area contributed by atoms with E-state index >= 15 is 0 Å². The lowest BCUT2D eigenvalue weighted by Gasteiger charge is -2.13. The van der Waals surface area contributed by atoms with Gasteiger partial charge in [0, 0.05) is 12.1 Å². The number of hydrogen-bond donors (Lipinski definition) is 3. The normalized spacial score (nSPS) is 11.5. The summed E-state index contributed by atoms with van der Waals surface area (Å²) < 4.78 is 0. The second-order valence-corrected chi connectivity index (χ2v) is 4.67. The Labute approximate surface area is 118 Å². The first-order chi connectivity index (χ1) is 9.43. The van der Waals surface area contributed by atoms with Gasteiger partial charge in [-0.05, 0) is 23.6 Å². The molecule has 1 atom stereocenters. The van der Waals surface area contributed by atoms with Crippen LogP contribution in [0.2, 0.25) is 0 Å². The Morgan fingerprint density at radius 3 is 2.35 bits per heavy atom. The molecule has 3 N–H and O–H groups in total. The summed E-state index contributed by atoms with van der Waals surface area (Å²) in [7, 11) is 0. The van der Waals surface area contributed by atoms with Crippen molar-refractivity contribution < 1.29 is 14.7 Å². The second kappa shape index (κ2) is 7.19. The summed E-state index contributed by atoms with van der Waals surface area (Å²) in [5, 5.41) is 13.8. The van der Waals surface area contributed by atoms with Gasteiger partial charge >= 0.3 is 12.0 Å². The molecule has 0 bridgehead atoms. The number of nitrogens with one attached hydrogen (secondary N) is 2. The quantitative estimate of drug-likeness (QED) is 0.721. The van der Waals surface area contributed by atoms with Crippen molar-refractivity contribution in [1.82, 2.24) is 5.32 Å². The van der Waals surface area contributed by atoms with Gasteiger partial charge in [0.15, 0.2) is 0 Å². The molecule has 0 spiro atoms. The lowest BCUT2D eigenvalue weighted by atomic mass is 10.0. The molecule has 1 aromatic carbocycles. The summed E-state index contributed by atoms with van der Waals surface area (Å²) in [6.45, 7) is 4.15. The Morgan fingerprint density at radius 2 is 1.90 bits per heavy atom. The molecule has 0 heterocycles. The number of carboxylic acids is 1. The standard InChI is InChI=1S/C15H18N2O3/c1-4-5-13(14(18)19)17-15(20)16-12-8-6-11(7-9-12)10(2)3/h1,6-10,13H,5H2,2-3H3,(H,18,19)(H2,16,17,20). The molecule has 5 nitrogen and oxygen atoms in total. The Kier molecular flexibility index (Phi) is 5.60. The first-order valence-electron chi connectivity index (χ1n) is 6.27. The van der Waals surface area contributed by atoms with Crippen LogP contribution in [0.5, 0.6) is 0 Å². The molecule has 0 radical (unpaired) electrons. The van der Waals surface area contributed by atoms with Gasteiger partial charge in [-0.1, -0.05) is 26.0 Å². The fraction of sp³-hybridized carbons (Fsp3) is 0.333. The summed E-state index contributed by atoms with van der Waals surface area (Å²) in [5.74, 6) is 1.46. The van der Waals surface area contributed by atoms with Crippen LogP contribution in [0.1, 0.15) is 31.7 Å². The van der Waals surface area contributed by atoms with Gasteiger partial charge < -0.3 is 15.7 Å². The van der Waals surface area contributed by atoms with Crippen LogP contribution < -0.4 is 10.6 Å². The van der Waals surface area contributed by atoms with Crippen LogP contribution in [-0.2, 0) is 4.79 Å². The molecule has 0 aliphatic carbocycles. The largest absolute Gasteiger partial charge is 0.480 e. The van der Waals surface area contributed by atoms with Gasteiger partial charge in [-0.25, -0.2) is 9.59 Å². The Bertz CT molecular complexity index is 515. The number of anilines is 1. The van der Waals surface area contributed by atoms with Crippen LogP contribution in [0.3, 0.4) is 0 Å². The smallest absolute Gasteiger partial charge is 0.327 e. The number of benzene rings is 1. The van der Waals surface area contributed by atoms with Gasteiger partial charge in [0.1, 0.15) is 6.04 Å². The summed E-state index contributed by atoms with van der Waals surface area (Å²) >= 11 is 0. The van der Waals surface area contributed by atoms with Crippen LogP contribution in [-0.4, -0.2) is 23.1 Å². The first kappa shape index (κ1) is 15.6. The van der Waals surface area contributed by atoms with E-state index in [-0.39, 0.29) is 6.42 Å². The molecular formula is C15H18N2O3. The minimum atomic E-state index is -1.16. The van der Waals surface area contributed by atoms with E-state index in [1.807, 2.05) is 12.1 Å². The minimum absolute atomic E-state index is 0.0605. The monoisotopic (exact) mass is 274 g/mol. The van der Waals surface area contributed by atoms with E-state index in [0.717, 1.165) is 5.56 Å². The molecule has 0 saturated heterocycles. The minimum Gasteiger partial charge on any atom is -0.480 e. The average Bonchev–Trinajstić information content (AvgIpc) is 2.38. The fourth-order valence-corrected chi connectivity index (χ4v) is 1.59. The van der Waals surface area contributed by atoms with Gasteiger partial charge in [-0.15, -0.1) is 12.3 Å². The van der Waals surface area contributed by atoms with Crippen LogP contribution in [0.4, 0.5) is 10.5 Å². The van der Waals surface area contributed by atoms with Gasteiger partial charge in [-0.3, -0.25) is 0 Å². The molecule has 5 heteroatoms. The average molecular weight is 274 g/mol. The zero-order valence-corrected chi connectivity index (χ0v) is 11.5. The summed E-state index contributed by atoms with van der Waals surface area (Å²) in [6, 6.07) is 5.68. The molecule has 106 valence electrons. The number of rotatable bonds is 5. The van der Waals surface area contributed by atoms with Gasteiger partial charge in [0.25, 0.3) is 0 Å². The van der Waals surface area contributed by atoms with Gasteiger partial charge in [0.2, 0.25) is 0 Å². The van der Waals surface area contributed by atoms with E-state index in [1.165, 1.54) is 0 Å². The van der Waals surface area contributed by atoms with E-state index in [4.69, 9.17) is 11.5 Å². The van der Waals surface area contributed by atoms with E-state index in [2.05, 4.69) is 30.4 Å². The van der Waals surface area contributed by atoms with Gasteiger partial charge in [-0.2, -0.15) is 0 Å². The Balaban J connectivity index is 2.62. The van der Waals surface area contributed by atoms with Gasteiger partial charge in [0.05, 0.1) is 0 Å². The molecule has 1 unspecified atom stereocenters. The number of aliphatic carboxylic acids is 1.